The molecule has 1 aromatic rings. The monoisotopic (exact) mass is 245 g/mol. The minimum absolute atomic E-state index is 0.110. The van der Waals surface area contributed by atoms with Crippen LogP contribution in [0.2, 0.25) is 0 Å². The van der Waals surface area contributed by atoms with E-state index in [0.717, 1.165) is 0 Å². The Bertz CT molecular complexity index is 413. The number of pyridine rings is 1. The Morgan fingerprint density at radius 2 is 2.29 bits per heavy atom. The third kappa shape index (κ3) is 3.27. The first kappa shape index (κ1) is 13.1. The number of rotatable bonds is 4. The van der Waals surface area contributed by atoms with Crippen molar-refractivity contribution >= 4 is 17.5 Å². The lowest BCUT2D eigenvalue weighted by atomic mass is 10.2. The molecule has 7 heteroatoms. The van der Waals surface area contributed by atoms with Crippen molar-refractivity contribution < 1.29 is 18.3 Å². The van der Waals surface area contributed by atoms with E-state index in [4.69, 9.17) is 5.73 Å². The summed E-state index contributed by atoms with van der Waals surface area (Å²) < 4.78 is 28.9. The maximum atomic E-state index is 12.2. The van der Waals surface area contributed by atoms with Gasteiger partial charge in [-0.05, 0) is 6.07 Å². The first-order valence-electron chi connectivity index (χ1n) is 4.78. The van der Waals surface area contributed by atoms with Crippen LogP contribution in [-0.2, 0) is 4.74 Å². The van der Waals surface area contributed by atoms with Crippen molar-refractivity contribution in [1.29, 1.82) is 0 Å². The fraction of sp³-hybridized carbons (Fsp3) is 0.400. The zero-order valence-electron chi connectivity index (χ0n) is 9.48. The number of hydrogen-bond acceptors (Lipinski definition) is 5. The molecule has 0 aliphatic heterocycles. The molecular weight excluding hydrogens is 232 g/mol. The highest BCUT2D eigenvalue weighted by Gasteiger charge is 2.15. The molecule has 0 spiro atoms. The molecule has 1 heterocycles. The molecule has 0 bridgehead atoms. The average Bonchev–Trinajstić information content (AvgIpc) is 2.27. The van der Waals surface area contributed by atoms with Gasteiger partial charge in [0.2, 0.25) is 0 Å². The van der Waals surface area contributed by atoms with Gasteiger partial charge >= 0.3 is 5.97 Å². The molecule has 1 aromatic heterocycles. The number of hydrogen-bond donors (Lipinski definition) is 1. The standard InChI is InChI=1S/C10H13F2N3O2/c1-15(5-8(11)12)9-3-6(10(16)17-2)7(13)4-14-9/h3-4,8H,5,13H2,1-2H3. The highest BCUT2D eigenvalue weighted by Crippen LogP contribution is 2.18. The fourth-order valence-electron chi connectivity index (χ4n) is 1.25. The summed E-state index contributed by atoms with van der Waals surface area (Å²) in [7, 11) is 2.66. The molecular formula is C10H13F2N3O2. The number of carbonyl (C=O) groups excluding carboxylic acids is 1. The Kier molecular flexibility index (Phi) is 4.19. The van der Waals surface area contributed by atoms with Crippen LogP contribution in [0.4, 0.5) is 20.3 Å². The van der Waals surface area contributed by atoms with Gasteiger partial charge in [0.05, 0.1) is 31.1 Å². The number of aromatic nitrogens is 1. The Morgan fingerprint density at radius 3 is 2.82 bits per heavy atom. The molecule has 0 fully saturated rings. The molecule has 0 radical (unpaired) electrons. The van der Waals surface area contributed by atoms with Gasteiger partial charge in [-0.2, -0.15) is 0 Å². The molecule has 0 saturated carbocycles. The predicted octanol–water partition coefficient (Wildman–Crippen LogP) is 1.15. The molecule has 0 aliphatic carbocycles. The van der Waals surface area contributed by atoms with Gasteiger partial charge in [-0.25, -0.2) is 18.6 Å². The maximum absolute atomic E-state index is 12.2. The molecule has 94 valence electrons. The van der Waals surface area contributed by atoms with Crippen molar-refractivity contribution in [3.05, 3.63) is 17.8 Å². The summed E-state index contributed by atoms with van der Waals surface area (Å²) in [4.78, 5) is 16.4. The van der Waals surface area contributed by atoms with Crippen LogP contribution in [0.3, 0.4) is 0 Å². The second kappa shape index (κ2) is 5.42. The van der Waals surface area contributed by atoms with Crippen molar-refractivity contribution in [3.63, 3.8) is 0 Å². The van der Waals surface area contributed by atoms with Gasteiger partial charge in [-0.1, -0.05) is 0 Å². The topological polar surface area (TPSA) is 68.5 Å². The number of nitrogens with zero attached hydrogens (tertiary/aromatic N) is 2. The summed E-state index contributed by atoms with van der Waals surface area (Å²) in [5.41, 5.74) is 5.79. The van der Waals surface area contributed by atoms with Crippen LogP contribution in [0.1, 0.15) is 10.4 Å². The molecule has 17 heavy (non-hydrogen) atoms. The van der Waals surface area contributed by atoms with Gasteiger partial charge < -0.3 is 15.4 Å². The molecule has 0 amide bonds. The smallest absolute Gasteiger partial charge is 0.340 e. The van der Waals surface area contributed by atoms with Crippen molar-refractivity contribution in [3.8, 4) is 0 Å². The van der Waals surface area contributed by atoms with E-state index < -0.39 is 18.9 Å². The molecule has 2 N–H and O–H groups in total. The number of carbonyl (C=O) groups is 1. The Labute approximate surface area is 97.2 Å². The van der Waals surface area contributed by atoms with Gasteiger partial charge in [0.25, 0.3) is 6.43 Å². The normalized spacial score (nSPS) is 10.4. The van der Waals surface area contributed by atoms with Gasteiger partial charge in [0.15, 0.2) is 0 Å². The molecule has 0 saturated heterocycles. The number of ether oxygens (including phenoxy) is 1. The highest BCUT2D eigenvalue weighted by molar-refractivity contribution is 5.95. The van der Waals surface area contributed by atoms with Gasteiger partial charge in [0.1, 0.15) is 5.82 Å². The number of anilines is 2. The first-order valence-corrected chi connectivity index (χ1v) is 4.78. The van der Waals surface area contributed by atoms with E-state index in [1.54, 1.807) is 0 Å². The summed E-state index contributed by atoms with van der Waals surface area (Å²) in [6.45, 7) is -0.475. The summed E-state index contributed by atoms with van der Waals surface area (Å²) in [6.07, 6.45) is -1.25. The van der Waals surface area contributed by atoms with Gasteiger partial charge in [-0.15, -0.1) is 0 Å². The molecule has 0 unspecified atom stereocenters. The summed E-state index contributed by atoms with van der Waals surface area (Å²) in [5, 5.41) is 0. The summed E-state index contributed by atoms with van der Waals surface area (Å²) in [6, 6.07) is 1.32. The lowest BCUT2D eigenvalue weighted by molar-refractivity contribution is 0.0602. The Hall–Kier alpha value is -1.92. The predicted molar refractivity (Wildman–Crippen MR) is 59.3 cm³/mol. The summed E-state index contributed by atoms with van der Waals surface area (Å²) in [5.74, 6) is -0.392. The number of halogens is 2. The molecule has 5 nitrogen and oxygen atoms in total. The fourth-order valence-corrected chi connectivity index (χ4v) is 1.25. The van der Waals surface area contributed by atoms with Crippen molar-refractivity contribution in [2.75, 3.05) is 31.3 Å². The number of nitrogens with two attached hydrogens (primary N) is 1. The zero-order chi connectivity index (χ0) is 13.0. The largest absolute Gasteiger partial charge is 0.465 e. The third-order valence-electron chi connectivity index (χ3n) is 2.13. The number of nitrogen functional groups attached to an aromatic ring is 1. The second-order valence-corrected chi connectivity index (χ2v) is 3.39. The number of methoxy groups -OCH3 is 1. The third-order valence-corrected chi connectivity index (χ3v) is 2.13. The van der Waals surface area contributed by atoms with Crippen LogP contribution in [-0.4, -0.2) is 38.1 Å². The van der Waals surface area contributed by atoms with Crippen LogP contribution in [0.25, 0.3) is 0 Å². The molecule has 1 rings (SSSR count). The zero-order valence-corrected chi connectivity index (χ0v) is 9.48. The lowest BCUT2D eigenvalue weighted by Crippen LogP contribution is -2.25. The minimum atomic E-state index is -2.49. The number of esters is 1. The van der Waals surface area contributed by atoms with Crippen molar-refractivity contribution in [1.82, 2.24) is 4.98 Å². The van der Waals surface area contributed by atoms with Crippen molar-refractivity contribution in [2.45, 2.75) is 6.43 Å². The lowest BCUT2D eigenvalue weighted by Gasteiger charge is -2.18. The van der Waals surface area contributed by atoms with Crippen LogP contribution in [0.5, 0.6) is 0 Å². The Morgan fingerprint density at radius 1 is 1.65 bits per heavy atom. The van der Waals surface area contributed by atoms with Gasteiger partial charge in [-0.3, -0.25) is 0 Å². The van der Waals surface area contributed by atoms with Gasteiger partial charge in [0, 0.05) is 7.05 Å². The van der Waals surface area contributed by atoms with Crippen LogP contribution >= 0.6 is 0 Å². The SMILES string of the molecule is COC(=O)c1cc(N(C)CC(F)F)ncc1N. The molecule has 0 aliphatic rings. The van der Waals surface area contributed by atoms with E-state index in [9.17, 15) is 13.6 Å². The van der Waals surface area contributed by atoms with E-state index in [1.165, 1.54) is 31.3 Å². The van der Waals surface area contributed by atoms with E-state index in [-0.39, 0.29) is 17.1 Å². The molecule has 0 atom stereocenters. The first-order chi connectivity index (χ1) is 7.95. The molecule has 0 aromatic carbocycles. The van der Waals surface area contributed by atoms with E-state index in [2.05, 4.69) is 9.72 Å². The summed E-state index contributed by atoms with van der Waals surface area (Å²) >= 11 is 0. The Balaban J connectivity index is 2.99. The minimum Gasteiger partial charge on any atom is -0.465 e. The average molecular weight is 245 g/mol. The van der Waals surface area contributed by atoms with Crippen LogP contribution in [0.15, 0.2) is 12.3 Å². The number of alkyl halides is 2. The van der Waals surface area contributed by atoms with Crippen molar-refractivity contribution in [2.24, 2.45) is 0 Å². The quantitative estimate of drug-likeness (QED) is 0.806. The maximum Gasteiger partial charge on any atom is 0.340 e. The highest BCUT2D eigenvalue weighted by atomic mass is 19.3. The van der Waals surface area contributed by atoms with Crippen LogP contribution in [0, 0.1) is 0 Å². The van der Waals surface area contributed by atoms with E-state index in [0.29, 0.717) is 0 Å². The second-order valence-electron chi connectivity index (χ2n) is 3.39. The van der Waals surface area contributed by atoms with Crippen LogP contribution < -0.4 is 10.6 Å². The van der Waals surface area contributed by atoms with E-state index >= 15 is 0 Å². The van der Waals surface area contributed by atoms with E-state index in [1.807, 2.05) is 0 Å².